The highest BCUT2D eigenvalue weighted by molar-refractivity contribution is 6.30. The molecule has 2 aliphatic heterocycles. The van der Waals surface area contributed by atoms with E-state index in [1.54, 1.807) is 6.20 Å². The second-order valence-electron chi connectivity index (χ2n) is 7.01. The lowest BCUT2D eigenvalue weighted by Gasteiger charge is -2.34. The van der Waals surface area contributed by atoms with Crippen LogP contribution in [0, 0.1) is 0 Å². The van der Waals surface area contributed by atoms with E-state index in [2.05, 4.69) is 39.2 Å². The van der Waals surface area contributed by atoms with E-state index in [-0.39, 0.29) is 6.03 Å². The molecular formula is C19H24ClN5O. The molecule has 2 fully saturated rings. The smallest absolute Gasteiger partial charge is 0.344 e. The largest absolute Gasteiger partial charge is 0.372 e. The highest BCUT2D eigenvalue weighted by Gasteiger charge is 2.23. The van der Waals surface area contributed by atoms with Crippen LogP contribution in [0.5, 0.6) is 0 Å². The molecule has 138 valence electrons. The average Bonchev–Trinajstić information content (AvgIpc) is 3.34. The Kier molecular flexibility index (Phi) is 5.13. The lowest BCUT2D eigenvalue weighted by atomic mass is 10.1. The van der Waals surface area contributed by atoms with Gasteiger partial charge in [0, 0.05) is 51.5 Å². The van der Waals surface area contributed by atoms with E-state index in [0.29, 0.717) is 18.1 Å². The minimum atomic E-state index is -0.105. The minimum absolute atomic E-state index is 0.105. The maximum Gasteiger partial charge on any atom is 0.344 e. The van der Waals surface area contributed by atoms with Crippen LogP contribution in [0.25, 0.3) is 0 Å². The molecule has 0 saturated carbocycles. The molecule has 0 unspecified atom stereocenters. The Morgan fingerprint density at radius 1 is 1.00 bits per heavy atom. The van der Waals surface area contributed by atoms with E-state index in [0.717, 1.165) is 19.6 Å². The Morgan fingerprint density at radius 2 is 1.69 bits per heavy atom. The third-order valence-corrected chi connectivity index (χ3v) is 5.40. The summed E-state index contributed by atoms with van der Waals surface area (Å²) in [6, 6.07) is 8.84. The van der Waals surface area contributed by atoms with Gasteiger partial charge in [-0.25, -0.2) is 4.79 Å². The molecule has 6 nitrogen and oxygen atoms in total. The predicted molar refractivity (Wildman–Crippen MR) is 103 cm³/mol. The lowest BCUT2D eigenvalue weighted by Crippen LogP contribution is -2.49. The summed E-state index contributed by atoms with van der Waals surface area (Å²) in [5, 5.41) is 4.48. The molecule has 1 aromatic carbocycles. The SMILES string of the molecule is O=C(N1CCN(Cc2ccc(N3CCCC3)cc2)CC1)n1cc(Cl)cn1. The van der Waals surface area contributed by atoms with E-state index in [1.165, 1.54) is 48.1 Å². The van der Waals surface area contributed by atoms with Crippen molar-refractivity contribution >= 4 is 23.3 Å². The number of aromatic nitrogens is 2. The van der Waals surface area contributed by atoms with Gasteiger partial charge in [0.15, 0.2) is 0 Å². The van der Waals surface area contributed by atoms with Gasteiger partial charge in [0.25, 0.3) is 0 Å². The van der Waals surface area contributed by atoms with Gasteiger partial charge in [0.05, 0.1) is 17.4 Å². The zero-order valence-electron chi connectivity index (χ0n) is 14.9. The predicted octanol–water partition coefficient (Wildman–Crippen LogP) is 2.92. The molecule has 2 saturated heterocycles. The summed E-state index contributed by atoms with van der Waals surface area (Å²) in [6.07, 6.45) is 5.64. The second-order valence-corrected chi connectivity index (χ2v) is 7.45. The first kappa shape index (κ1) is 17.4. The molecule has 1 aromatic heterocycles. The van der Waals surface area contributed by atoms with Gasteiger partial charge in [-0.15, -0.1) is 0 Å². The van der Waals surface area contributed by atoms with Crippen molar-refractivity contribution < 1.29 is 4.79 Å². The van der Waals surface area contributed by atoms with E-state index in [4.69, 9.17) is 11.6 Å². The summed E-state index contributed by atoms with van der Waals surface area (Å²) < 4.78 is 1.31. The zero-order chi connectivity index (χ0) is 17.9. The fraction of sp³-hybridized carbons (Fsp3) is 0.474. The summed E-state index contributed by atoms with van der Waals surface area (Å²) in [5.41, 5.74) is 2.66. The summed E-state index contributed by atoms with van der Waals surface area (Å²) in [5.74, 6) is 0. The van der Waals surface area contributed by atoms with Crippen molar-refractivity contribution in [1.82, 2.24) is 19.6 Å². The van der Waals surface area contributed by atoms with Crippen molar-refractivity contribution in [2.75, 3.05) is 44.2 Å². The molecule has 0 radical (unpaired) electrons. The van der Waals surface area contributed by atoms with E-state index in [1.807, 2.05) is 4.90 Å². The molecule has 1 amide bonds. The average molecular weight is 374 g/mol. The molecule has 2 aromatic rings. The molecule has 3 heterocycles. The fourth-order valence-electron chi connectivity index (χ4n) is 3.69. The number of rotatable bonds is 3. The molecule has 2 aliphatic rings. The van der Waals surface area contributed by atoms with E-state index in [9.17, 15) is 4.79 Å². The molecule has 0 bridgehead atoms. The van der Waals surface area contributed by atoms with Gasteiger partial charge in [0.2, 0.25) is 0 Å². The van der Waals surface area contributed by atoms with Crippen LogP contribution in [0.4, 0.5) is 10.5 Å². The number of hydrogen-bond donors (Lipinski definition) is 0. The lowest BCUT2D eigenvalue weighted by molar-refractivity contribution is 0.134. The van der Waals surface area contributed by atoms with Crippen LogP contribution < -0.4 is 4.90 Å². The van der Waals surface area contributed by atoms with Crippen LogP contribution >= 0.6 is 11.6 Å². The Bertz CT molecular complexity index is 746. The number of amides is 1. The van der Waals surface area contributed by atoms with E-state index >= 15 is 0 Å². The van der Waals surface area contributed by atoms with Crippen LogP contribution in [-0.4, -0.2) is 64.9 Å². The van der Waals surface area contributed by atoms with Crippen molar-refractivity contribution in [3.63, 3.8) is 0 Å². The van der Waals surface area contributed by atoms with Crippen LogP contribution in [0.2, 0.25) is 5.02 Å². The monoisotopic (exact) mass is 373 g/mol. The fourth-order valence-corrected chi connectivity index (χ4v) is 3.83. The number of carbonyl (C=O) groups is 1. The third-order valence-electron chi connectivity index (χ3n) is 5.20. The van der Waals surface area contributed by atoms with Gasteiger partial charge in [-0.3, -0.25) is 4.90 Å². The molecule has 0 spiro atoms. The van der Waals surface area contributed by atoms with E-state index < -0.39 is 0 Å². The standard InChI is InChI=1S/C19H24ClN5O/c20-17-13-21-25(15-17)19(26)24-11-9-22(10-12-24)14-16-3-5-18(6-4-16)23-7-1-2-8-23/h3-6,13,15H,1-2,7-12,14H2. The van der Waals surface area contributed by atoms with Crippen LogP contribution in [0.1, 0.15) is 18.4 Å². The number of piperazine rings is 1. The number of anilines is 1. The molecule has 7 heteroatoms. The Labute approximate surface area is 158 Å². The maximum atomic E-state index is 12.4. The molecule has 26 heavy (non-hydrogen) atoms. The quantitative estimate of drug-likeness (QED) is 0.829. The topological polar surface area (TPSA) is 44.6 Å². The number of halogens is 1. The zero-order valence-corrected chi connectivity index (χ0v) is 15.6. The van der Waals surface area contributed by atoms with Crippen LogP contribution in [0.3, 0.4) is 0 Å². The van der Waals surface area contributed by atoms with Crippen molar-refractivity contribution in [3.8, 4) is 0 Å². The van der Waals surface area contributed by atoms with Crippen molar-refractivity contribution in [2.24, 2.45) is 0 Å². The third kappa shape index (κ3) is 3.86. The van der Waals surface area contributed by atoms with Crippen molar-refractivity contribution in [1.29, 1.82) is 0 Å². The first-order valence-electron chi connectivity index (χ1n) is 9.25. The summed E-state index contributed by atoms with van der Waals surface area (Å²) in [6.45, 7) is 6.44. The summed E-state index contributed by atoms with van der Waals surface area (Å²) >= 11 is 5.84. The first-order valence-corrected chi connectivity index (χ1v) is 9.62. The van der Waals surface area contributed by atoms with Gasteiger partial charge in [-0.1, -0.05) is 23.7 Å². The van der Waals surface area contributed by atoms with Gasteiger partial charge >= 0.3 is 6.03 Å². The van der Waals surface area contributed by atoms with Gasteiger partial charge in [-0.05, 0) is 30.5 Å². The Balaban J connectivity index is 1.29. The van der Waals surface area contributed by atoms with Gasteiger partial charge in [0.1, 0.15) is 0 Å². The molecule has 0 atom stereocenters. The molecular weight excluding hydrogens is 350 g/mol. The first-order chi connectivity index (χ1) is 12.7. The molecule has 4 rings (SSSR count). The molecule has 0 N–H and O–H groups in total. The number of nitrogens with zero attached hydrogens (tertiary/aromatic N) is 5. The number of hydrogen-bond acceptors (Lipinski definition) is 4. The van der Waals surface area contributed by atoms with Crippen LogP contribution in [-0.2, 0) is 6.54 Å². The Morgan fingerprint density at radius 3 is 2.31 bits per heavy atom. The maximum absolute atomic E-state index is 12.4. The van der Waals surface area contributed by atoms with Crippen molar-refractivity contribution in [2.45, 2.75) is 19.4 Å². The summed E-state index contributed by atoms with van der Waals surface area (Å²) in [7, 11) is 0. The molecule has 0 aliphatic carbocycles. The highest BCUT2D eigenvalue weighted by Crippen LogP contribution is 2.21. The summed E-state index contributed by atoms with van der Waals surface area (Å²) in [4.78, 5) is 19.1. The van der Waals surface area contributed by atoms with Gasteiger partial charge < -0.3 is 9.80 Å². The highest BCUT2D eigenvalue weighted by atomic mass is 35.5. The number of benzene rings is 1. The van der Waals surface area contributed by atoms with Crippen molar-refractivity contribution in [3.05, 3.63) is 47.2 Å². The number of carbonyl (C=O) groups excluding carboxylic acids is 1. The van der Waals surface area contributed by atoms with Gasteiger partial charge in [-0.2, -0.15) is 9.78 Å². The minimum Gasteiger partial charge on any atom is -0.372 e. The second kappa shape index (κ2) is 7.68. The Hall–Kier alpha value is -2.05. The normalized spacial score (nSPS) is 18.5. The van der Waals surface area contributed by atoms with Crippen LogP contribution in [0.15, 0.2) is 36.7 Å².